The van der Waals surface area contributed by atoms with Crippen LogP contribution in [0.25, 0.3) is 0 Å². The molecule has 0 atom stereocenters. The van der Waals surface area contributed by atoms with E-state index in [1.54, 1.807) is 0 Å². The Kier molecular flexibility index (Phi) is 4.45. The van der Waals surface area contributed by atoms with Crippen molar-refractivity contribution in [2.45, 2.75) is 13.1 Å². The number of carbonyl (C=O) groups excluding carboxylic acids is 1. The summed E-state index contributed by atoms with van der Waals surface area (Å²) in [4.78, 5) is 12.6. The lowest BCUT2D eigenvalue weighted by Crippen LogP contribution is -2.38. The molecule has 2 N–H and O–H groups in total. The van der Waals surface area contributed by atoms with Crippen molar-refractivity contribution in [3.8, 4) is 0 Å². The Bertz CT molecular complexity index is 448. The minimum Gasteiger partial charge on any atom is -0.399 e. The summed E-state index contributed by atoms with van der Waals surface area (Å²) in [5.74, 6) is -0.764. The summed E-state index contributed by atoms with van der Waals surface area (Å²) in [6.45, 7) is 0.108. The number of nitrogens with zero attached hydrogens (tertiary/aromatic N) is 1. The van der Waals surface area contributed by atoms with Gasteiger partial charge in [-0.15, -0.1) is 0 Å². The molecule has 0 fully saturated rings. The molecular formula is C11H12ClF3N2O. The van der Waals surface area contributed by atoms with Gasteiger partial charge in [0.2, 0.25) is 0 Å². The van der Waals surface area contributed by atoms with Crippen LogP contribution in [0.5, 0.6) is 0 Å². The molecule has 0 aliphatic heterocycles. The molecule has 0 spiro atoms. The van der Waals surface area contributed by atoms with Crippen molar-refractivity contribution in [1.29, 1.82) is 0 Å². The van der Waals surface area contributed by atoms with Crippen molar-refractivity contribution in [2.75, 3.05) is 18.8 Å². The summed E-state index contributed by atoms with van der Waals surface area (Å²) in [5, 5.41) is 0.0422. The number of nitrogens with two attached hydrogens (primary N) is 1. The second-order valence-electron chi connectivity index (χ2n) is 3.67. The van der Waals surface area contributed by atoms with Crippen LogP contribution in [-0.2, 0) is 0 Å². The zero-order valence-electron chi connectivity index (χ0n) is 9.59. The van der Waals surface area contributed by atoms with Crippen molar-refractivity contribution in [3.05, 3.63) is 28.8 Å². The number of anilines is 1. The van der Waals surface area contributed by atoms with Gasteiger partial charge in [-0.25, -0.2) is 0 Å². The van der Waals surface area contributed by atoms with Gasteiger partial charge in [-0.3, -0.25) is 4.79 Å². The number of benzene rings is 1. The minimum atomic E-state index is -4.44. The van der Waals surface area contributed by atoms with Gasteiger partial charge < -0.3 is 10.6 Å². The Morgan fingerprint density at radius 2 is 2.06 bits per heavy atom. The standard InChI is InChI=1S/C11H12ClF3N2O/c1-2-17(6-11(13,14)15)10(18)8-4-3-7(16)5-9(8)12/h3-5H,2,6,16H2,1H3. The van der Waals surface area contributed by atoms with Crippen molar-refractivity contribution in [2.24, 2.45) is 0 Å². The third-order valence-electron chi connectivity index (χ3n) is 2.26. The molecule has 3 nitrogen and oxygen atoms in total. The van der Waals surface area contributed by atoms with E-state index in [0.29, 0.717) is 10.6 Å². The fourth-order valence-electron chi connectivity index (χ4n) is 1.42. The molecule has 0 aliphatic rings. The molecule has 0 bridgehead atoms. The average Bonchev–Trinajstić information content (AvgIpc) is 2.24. The van der Waals surface area contributed by atoms with E-state index in [0.717, 1.165) is 0 Å². The number of hydrogen-bond donors (Lipinski definition) is 1. The van der Waals surface area contributed by atoms with E-state index in [4.69, 9.17) is 17.3 Å². The van der Waals surface area contributed by atoms with Crippen LogP contribution in [0, 0.1) is 0 Å². The Labute approximate surface area is 107 Å². The predicted octanol–water partition coefficient (Wildman–Crippen LogP) is 2.95. The van der Waals surface area contributed by atoms with Crippen LogP contribution in [0.1, 0.15) is 17.3 Å². The Hall–Kier alpha value is -1.43. The first-order valence-electron chi connectivity index (χ1n) is 5.15. The smallest absolute Gasteiger partial charge is 0.399 e. The number of rotatable bonds is 3. The highest BCUT2D eigenvalue weighted by Gasteiger charge is 2.33. The molecule has 7 heteroatoms. The molecule has 0 aromatic heterocycles. The lowest BCUT2D eigenvalue weighted by Gasteiger charge is -2.22. The van der Waals surface area contributed by atoms with E-state index < -0.39 is 18.6 Å². The maximum absolute atomic E-state index is 12.3. The normalized spacial score (nSPS) is 11.4. The third-order valence-corrected chi connectivity index (χ3v) is 2.58. The third kappa shape index (κ3) is 3.80. The summed E-state index contributed by atoms with van der Waals surface area (Å²) >= 11 is 5.79. The van der Waals surface area contributed by atoms with Crippen LogP contribution in [0.2, 0.25) is 5.02 Å². The van der Waals surface area contributed by atoms with Crippen molar-refractivity contribution in [1.82, 2.24) is 4.90 Å². The molecule has 18 heavy (non-hydrogen) atoms. The van der Waals surface area contributed by atoms with E-state index in [1.165, 1.54) is 25.1 Å². The Morgan fingerprint density at radius 3 is 2.50 bits per heavy atom. The average molecular weight is 281 g/mol. The largest absolute Gasteiger partial charge is 0.406 e. The van der Waals surface area contributed by atoms with Crippen LogP contribution in [0.4, 0.5) is 18.9 Å². The van der Waals surface area contributed by atoms with Crippen LogP contribution in [0.3, 0.4) is 0 Å². The highest BCUT2D eigenvalue weighted by atomic mass is 35.5. The van der Waals surface area contributed by atoms with Gasteiger partial charge in [0, 0.05) is 12.2 Å². The summed E-state index contributed by atoms with van der Waals surface area (Å²) < 4.78 is 36.9. The fraction of sp³-hybridized carbons (Fsp3) is 0.364. The highest BCUT2D eigenvalue weighted by Crippen LogP contribution is 2.23. The SMILES string of the molecule is CCN(CC(F)(F)F)C(=O)c1ccc(N)cc1Cl. The predicted molar refractivity (Wildman–Crippen MR) is 63.5 cm³/mol. The Morgan fingerprint density at radius 1 is 1.44 bits per heavy atom. The minimum absolute atomic E-state index is 0.0111. The molecule has 0 saturated heterocycles. The van der Waals surface area contributed by atoms with Gasteiger partial charge in [-0.1, -0.05) is 11.6 Å². The van der Waals surface area contributed by atoms with Gasteiger partial charge in [-0.05, 0) is 25.1 Å². The second kappa shape index (κ2) is 5.48. The molecule has 0 heterocycles. The maximum Gasteiger partial charge on any atom is 0.406 e. The van der Waals surface area contributed by atoms with Crippen LogP contribution < -0.4 is 5.73 Å². The van der Waals surface area contributed by atoms with Crippen LogP contribution in [-0.4, -0.2) is 30.1 Å². The van der Waals surface area contributed by atoms with Crippen molar-refractivity contribution < 1.29 is 18.0 Å². The summed E-state index contributed by atoms with van der Waals surface area (Å²) in [6, 6.07) is 4.07. The summed E-state index contributed by atoms with van der Waals surface area (Å²) in [5.41, 5.74) is 5.80. The molecule has 0 radical (unpaired) electrons. The van der Waals surface area contributed by atoms with Crippen LogP contribution >= 0.6 is 11.6 Å². The molecule has 1 aromatic carbocycles. The summed E-state index contributed by atoms with van der Waals surface area (Å²) in [7, 11) is 0. The van der Waals surface area contributed by atoms with Gasteiger partial charge in [0.25, 0.3) is 5.91 Å². The van der Waals surface area contributed by atoms with Gasteiger partial charge in [0.1, 0.15) is 6.54 Å². The van der Waals surface area contributed by atoms with Crippen molar-refractivity contribution in [3.63, 3.8) is 0 Å². The number of nitrogen functional groups attached to an aromatic ring is 1. The molecule has 1 aromatic rings. The quantitative estimate of drug-likeness (QED) is 0.865. The lowest BCUT2D eigenvalue weighted by molar-refractivity contribution is -0.140. The summed E-state index contributed by atoms with van der Waals surface area (Å²) in [6.07, 6.45) is -4.44. The lowest BCUT2D eigenvalue weighted by atomic mass is 10.1. The van der Waals surface area contributed by atoms with E-state index in [1.807, 2.05) is 0 Å². The van der Waals surface area contributed by atoms with Gasteiger partial charge in [-0.2, -0.15) is 13.2 Å². The zero-order valence-corrected chi connectivity index (χ0v) is 10.3. The molecule has 1 rings (SSSR count). The number of halogens is 4. The topological polar surface area (TPSA) is 46.3 Å². The maximum atomic E-state index is 12.3. The van der Waals surface area contributed by atoms with Gasteiger partial charge in [0.15, 0.2) is 0 Å². The van der Waals surface area contributed by atoms with Gasteiger partial charge >= 0.3 is 6.18 Å². The molecule has 0 saturated carbocycles. The number of alkyl halides is 3. The molecule has 100 valence electrons. The van der Waals surface area contributed by atoms with Crippen LogP contribution in [0.15, 0.2) is 18.2 Å². The van der Waals surface area contributed by atoms with E-state index in [-0.39, 0.29) is 17.1 Å². The first-order chi connectivity index (χ1) is 8.24. The molecule has 0 unspecified atom stereocenters. The van der Waals surface area contributed by atoms with E-state index in [2.05, 4.69) is 0 Å². The van der Waals surface area contributed by atoms with Crippen molar-refractivity contribution >= 4 is 23.2 Å². The molecule has 1 amide bonds. The van der Waals surface area contributed by atoms with E-state index >= 15 is 0 Å². The number of amides is 1. The highest BCUT2D eigenvalue weighted by molar-refractivity contribution is 6.34. The first kappa shape index (κ1) is 14.6. The van der Waals surface area contributed by atoms with E-state index in [9.17, 15) is 18.0 Å². The molecule has 0 aliphatic carbocycles. The number of hydrogen-bond acceptors (Lipinski definition) is 2. The van der Waals surface area contributed by atoms with Gasteiger partial charge in [0.05, 0.1) is 10.6 Å². The zero-order chi connectivity index (χ0) is 13.9. The first-order valence-corrected chi connectivity index (χ1v) is 5.53. The fourth-order valence-corrected chi connectivity index (χ4v) is 1.69. The second-order valence-corrected chi connectivity index (χ2v) is 4.08. The molecular weight excluding hydrogens is 269 g/mol. The number of carbonyl (C=O) groups is 1. The Balaban J connectivity index is 2.97. The monoisotopic (exact) mass is 280 g/mol.